The number of aliphatic hydroxyl groups is 1. The van der Waals surface area contributed by atoms with E-state index in [1.54, 1.807) is 0 Å². The van der Waals surface area contributed by atoms with E-state index in [1.807, 2.05) is 78.9 Å². The number of hydrogen-bond acceptors (Lipinski definition) is 5. The second-order valence-corrected chi connectivity index (χ2v) is 6.55. The lowest BCUT2D eigenvalue weighted by Gasteiger charge is -2.14. The van der Waals surface area contributed by atoms with Gasteiger partial charge in [-0.15, -0.1) is 0 Å². The highest BCUT2D eigenvalue weighted by atomic mass is 16.5. The van der Waals surface area contributed by atoms with Gasteiger partial charge in [0.15, 0.2) is 0 Å². The van der Waals surface area contributed by atoms with Gasteiger partial charge < -0.3 is 25.6 Å². The molecule has 1 atom stereocenters. The minimum Gasteiger partial charge on any atom is -0.491 e. The van der Waals surface area contributed by atoms with E-state index in [0.29, 0.717) is 12.3 Å². The molecule has 4 N–H and O–H groups in total. The van der Waals surface area contributed by atoms with Crippen LogP contribution in [0.15, 0.2) is 78.9 Å². The maximum absolute atomic E-state index is 10.1. The zero-order valence-corrected chi connectivity index (χ0v) is 15.8. The second-order valence-electron chi connectivity index (χ2n) is 6.55. The number of ether oxygens (including phenoxy) is 2. The number of hydrogen-bond donors (Lipinski definition) is 3. The Hall–Kier alpha value is -3.02. The van der Waals surface area contributed by atoms with Gasteiger partial charge in [0.2, 0.25) is 0 Å². The molecule has 0 aromatic heterocycles. The van der Waals surface area contributed by atoms with E-state index < -0.39 is 6.10 Å². The molecule has 0 fully saturated rings. The molecule has 1 unspecified atom stereocenters. The topological polar surface area (TPSA) is 76.7 Å². The standard InChI is InChI=1S/C23H26N2O3/c24-19-8-6-18(7-9-19)14-15-25-16-20(26)17-27-21-10-12-23(13-11-21)28-22-4-2-1-3-5-22/h1-13,20,25-26H,14-17,24H2. The van der Waals surface area contributed by atoms with Crippen molar-refractivity contribution in [3.8, 4) is 17.2 Å². The second kappa shape index (κ2) is 10.3. The number of nitrogen functional groups attached to an aromatic ring is 1. The van der Waals surface area contributed by atoms with Gasteiger partial charge in [0.05, 0.1) is 0 Å². The Morgan fingerprint density at radius 2 is 1.46 bits per heavy atom. The molecule has 0 aliphatic rings. The third kappa shape index (κ3) is 6.61. The number of anilines is 1. The number of aliphatic hydroxyl groups excluding tert-OH is 1. The van der Waals surface area contributed by atoms with Crippen molar-refractivity contribution < 1.29 is 14.6 Å². The molecule has 0 amide bonds. The summed E-state index contributed by atoms with van der Waals surface area (Å²) >= 11 is 0. The van der Waals surface area contributed by atoms with Gasteiger partial charge in [0, 0.05) is 12.2 Å². The maximum atomic E-state index is 10.1. The molecule has 3 rings (SSSR count). The molecular formula is C23H26N2O3. The first-order chi connectivity index (χ1) is 13.7. The molecule has 3 aromatic carbocycles. The zero-order chi connectivity index (χ0) is 19.6. The number of rotatable bonds is 10. The van der Waals surface area contributed by atoms with Gasteiger partial charge >= 0.3 is 0 Å². The van der Waals surface area contributed by atoms with Crippen LogP contribution in [0.5, 0.6) is 17.2 Å². The molecule has 0 aliphatic carbocycles. The van der Waals surface area contributed by atoms with E-state index in [2.05, 4.69) is 5.32 Å². The summed E-state index contributed by atoms with van der Waals surface area (Å²) in [7, 11) is 0. The first-order valence-electron chi connectivity index (χ1n) is 9.38. The van der Waals surface area contributed by atoms with Gasteiger partial charge in [0.1, 0.15) is 30.0 Å². The van der Waals surface area contributed by atoms with Gasteiger partial charge in [-0.2, -0.15) is 0 Å². The predicted molar refractivity (Wildman–Crippen MR) is 112 cm³/mol. The summed E-state index contributed by atoms with van der Waals surface area (Å²) in [6, 6.07) is 24.8. The highest BCUT2D eigenvalue weighted by molar-refractivity contribution is 5.39. The molecule has 0 saturated carbocycles. The number of para-hydroxylation sites is 1. The first kappa shape index (κ1) is 19.7. The molecule has 0 saturated heterocycles. The van der Waals surface area contributed by atoms with Crippen LogP contribution >= 0.6 is 0 Å². The SMILES string of the molecule is Nc1ccc(CCNCC(O)COc2ccc(Oc3ccccc3)cc2)cc1. The fourth-order valence-electron chi connectivity index (χ4n) is 2.67. The van der Waals surface area contributed by atoms with Crippen LogP contribution in [0.25, 0.3) is 0 Å². The van der Waals surface area contributed by atoms with Crippen LogP contribution in [0.2, 0.25) is 0 Å². The molecule has 0 aliphatic heterocycles. The van der Waals surface area contributed by atoms with E-state index in [1.165, 1.54) is 5.56 Å². The minimum absolute atomic E-state index is 0.230. The average Bonchev–Trinajstić information content (AvgIpc) is 2.73. The van der Waals surface area contributed by atoms with Crippen molar-refractivity contribution in [1.82, 2.24) is 5.32 Å². The predicted octanol–water partition coefficient (Wildman–Crippen LogP) is 3.63. The lowest BCUT2D eigenvalue weighted by molar-refractivity contribution is 0.106. The van der Waals surface area contributed by atoms with Crippen molar-refractivity contribution in [2.75, 3.05) is 25.4 Å². The molecule has 0 radical (unpaired) electrons. The Morgan fingerprint density at radius 3 is 2.18 bits per heavy atom. The molecule has 0 heterocycles. The highest BCUT2D eigenvalue weighted by Gasteiger charge is 2.05. The summed E-state index contributed by atoms with van der Waals surface area (Å²) in [5.74, 6) is 2.22. The third-order valence-corrected chi connectivity index (χ3v) is 4.20. The smallest absolute Gasteiger partial charge is 0.127 e. The molecule has 28 heavy (non-hydrogen) atoms. The van der Waals surface area contributed by atoms with E-state index in [9.17, 15) is 5.11 Å². The maximum Gasteiger partial charge on any atom is 0.127 e. The number of benzene rings is 3. The third-order valence-electron chi connectivity index (χ3n) is 4.20. The van der Waals surface area contributed by atoms with Crippen LogP contribution < -0.4 is 20.5 Å². The first-order valence-corrected chi connectivity index (χ1v) is 9.38. The van der Waals surface area contributed by atoms with Gasteiger partial charge in [0.25, 0.3) is 0 Å². The molecule has 5 heteroatoms. The molecule has 0 bridgehead atoms. The van der Waals surface area contributed by atoms with Crippen LogP contribution in [0.4, 0.5) is 5.69 Å². The van der Waals surface area contributed by atoms with Crippen LogP contribution in [0.3, 0.4) is 0 Å². The summed E-state index contributed by atoms with van der Waals surface area (Å²) in [6.45, 7) is 1.49. The summed E-state index contributed by atoms with van der Waals surface area (Å²) in [5.41, 5.74) is 7.66. The molecule has 3 aromatic rings. The van der Waals surface area contributed by atoms with Gasteiger partial charge in [-0.3, -0.25) is 0 Å². The Bertz CT molecular complexity index is 821. The van der Waals surface area contributed by atoms with Crippen molar-refractivity contribution in [2.45, 2.75) is 12.5 Å². The van der Waals surface area contributed by atoms with Crippen LogP contribution in [-0.4, -0.2) is 30.9 Å². The molecule has 146 valence electrons. The van der Waals surface area contributed by atoms with E-state index in [0.717, 1.165) is 30.2 Å². The fraction of sp³-hybridized carbons (Fsp3) is 0.217. The molecule has 0 spiro atoms. The quantitative estimate of drug-likeness (QED) is 0.371. The van der Waals surface area contributed by atoms with Crippen LogP contribution in [0, 0.1) is 0 Å². The van der Waals surface area contributed by atoms with Gasteiger partial charge in [-0.1, -0.05) is 30.3 Å². The summed E-state index contributed by atoms with van der Waals surface area (Å²) in [4.78, 5) is 0. The van der Waals surface area contributed by atoms with Crippen molar-refractivity contribution in [3.63, 3.8) is 0 Å². The van der Waals surface area contributed by atoms with E-state index >= 15 is 0 Å². The van der Waals surface area contributed by atoms with Gasteiger partial charge in [-0.05, 0) is 67.1 Å². The lowest BCUT2D eigenvalue weighted by atomic mass is 10.1. The molecular weight excluding hydrogens is 352 g/mol. The van der Waals surface area contributed by atoms with E-state index in [4.69, 9.17) is 15.2 Å². The van der Waals surface area contributed by atoms with Crippen molar-refractivity contribution in [2.24, 2.45) is 0 Å². The van der Waals surface area contributed by atoms with Crippen LogP contribution in [0.1, 0.15) is 5.56 Å². The van der Waals surface area contributed by atoms with Crippen molar-refractivity contribution in [1.29, 1.82) is 0 Å². The normalized spacial score (nSPS) is 11.8. The number of nitrogens with two attached hydrogens (primary N) is 1. The monoisotopic (exact) mass is 378 g/mol. The Kier molecular flexibility index (Phi) is 7.29. The Balaban J connectivity index is 1.33. The summed E-state index contributed by atoms with van der Waals surface area (Å²) in [6.07, 6.45) is 0.308. The lowest BCUT2D eigenvalue weighted by Crippen LogP contribution is -2.32. The Morgan fingerprint density at radius 1 is 0.821 bits per heavy atom. The van der Waals surface area contributed by atoms with Crippen molar-refractivity contribution >= 4 is 5.69 Å². The molecule has 5 nitrogen and oxygen atoms in total. The minimum atomic E-state index is -0.577. The summed E-state index contributed by atoms with van der Waals surface area (Å²) < 4.78 is 11.4. The number of nitrogens with one attached hydrogen (secondary N) is 1. The fourth-order valence-corrected chi connectivity index (χ4v) is 2.67. The zero-order valence-electron chi connectivity index (χ0n) is 15.8. The van der Waals surface area contributed by atoms with Gasteiger partial charge in [-0.25, -0.2) is 0 Å². The highest BCUT2D eigenvalue weighted by Crippen LogP contribution is 2.23. The largest absolute Gasteiger partial charge is 0.491 e. The summed E-state index contributed by atoms with van der Waals surface area (Å²) in [5, 5.41) is 13.3. The average molecular weight is 378 g/mol. The van der Waals surface area contributed by atoms with E-state index in [-0.39, 0.29) is 6.61 Å². The van der Waals surface area contributed by atoms with Crippen molar-refractivity contribution in [3.05, 3.63) is 84.4 Å². The van der Waals surface area contributed by atoms with Crippen LogP contribution in [-0.2, 0) is 6.42 Å². The Labute approximate surface area is 165 Å².